The standard InChI is InChI=1S/C11H17N3O.ClH/c1-3-8(2)10(12)11(15)14-9-4-6-13-7-5-9;/h4-8,10H,3,12H2,1-2H3,(H,13,14,15);1H. The average Bonchev–Trinajstić information content (AvgIpc) is 2.28. The summed E-state index contributed by atoms with van der Waals surface area (Å²) in [7, 11) is 0. The topological polar surface area (TPSA) is 68.0 Å². The zero-order valence-electron chi connectivity index (χ0n) is 9.51. The van der Waals surface area contributed by atoms with E-state index < -0.39 is 6.04 Å². The van der Waals surface area contributed by atoms with Gasteiger partial charge >= 0.3 is 0 Å². The molecule has 5 heteroatoms. The molecule has 1 aromatic rings. The molecule has 0 aliphatic carbocycles. The van der Waals surface area contributed by atoms with Crippen LogP contribution in [0.3, 0.4) is 0 Å². The highest BCUT2D eigenvalue weighted by atomic mass is 35.5. The molecular weight excluding hydrogens is 226 g/mol. The van der Waals surface area contributed by atoms with Gasteiger partial charge in [0.25, 0.3) is 0 Å². The number of nitrogens with one attached hydrogen (secondary N) is 1. The molecule has 1 aromatic heterocycles. The van der Waals surface area contributed by atoms with Gasteiger partial charge in [0.15, 0.2) is 0 Å². The van der Waals surface area contributed by atoms with E-state index in [9.17, 15) is 4.79 Å². The van der Waals surface area contributed by atoms with Gasteiger partial charge in [0.1, 0.15) is 0 Å². The van der Waals surface area contributed by atoms with E-state index in [4.69, 9.17) is 5.73 Å². The summed E-state index contributed by atoms with van der Waals surface area (Å²) in [6, 6.07) is 3.02. The number of anilines is 1. The minimum absolute atomic E-state index is 0. The summed E-state index contributed by atoms with van der Waals surface area (Å²) >= 11 is 0. The third kappa shape index (κ3) is 4.16. The zero-order valence-corrected chi connectivity index (χ0v) is 10.3. The lowest BCUT2D eigenvalue weighted by atomic mass is 9.99. The minimum atomic E-state index is -0.455. The highest BCUT2D eigenvalue weighted by Gasteiger charge is 2.19. The van der Waals surface area contributed by atoms with Gasteiger partial charge in [-0.2, -0.15) is 0 Å². The van der Waals surface area contributed by atoms with E-state index in [1.54, 1.807) is 24.5 Å². The maximum Gasteiger partial charge on any atom is 0.241 e. The van der Waals surface area contributed by atoms with Crippen LogP contribution in [0.1, 0.15) is 20.3 Å². The van der Waals surface area contributed by atoms with E-state index in [2.05, 4.69) is 10.3 Å². The van der Waals surface area contributed by atoms with Crippen molar-refractivity contribution in [2.45, 2.75) is 26.3 Å². The van der Waals surface area contributed by atoms with Gasteiger partial charge in [-0.05, 0) is 18.1 Å². The van der Waals surface area contributed by atoms with Crippen LogP contribution in [-0.4, -0.2) is 16.9 Å². The Morgan fingerprint density at radius 2 is 2.06 bits per heavy atom. The van der Waals surface area contributed by atoms with Crippen LogP contribution < -0.4 is 11.1 Å². The molecule has 16 heavy (non-hydrogen) atoms. The maximum atomic E-state index is 11.7. The molecule has 3 N–H and O–H groups in total. The van der Waals surface area contributed by atoms with Gasteiger partial charge in [-0.15, -0.1) is 12.4 Å². The Labute approximate surface area is 102 Å². The number of halogens is 1. The van der Waals surface area contributed by atoms with Crippen molar-refractivity contribution < 1.29 is 4.79 Å². The molecule has 0 radical (unpaired) electrons. The van der Waals surface area contributed by atoms with Gasteiger partial charge < -0.3 is 11.1 Å². The van der Waals surface area contributed by atoms with Crippen molar-refractivity contribution in [1.82, 2.24) is 4.98 Å². The van der Waals surface area contributed by atoms with Gasteiger partial charge in [-0.3, -0.25) is 9.78 Å². The Morgan fingerprint density at radius 1 is 1.50 bits per heavy atom. The second-order valence-electron chi connectivity index (χ2n) is 3.64. The van der Waals surface area contributed by atoms with Crippen LogP contribution in [0.5, 0.6) is 0 Å². The molecule has 2 atom stereocenters. The fourth-order valence-corrected chi connectivity index (χ4v) is 1.17. The van der Waals surface area contributed by atoms with E-state index in [1.165, 1.54) is 0 Å². The molecule has 0 spiro atoms. The Balaban J connectivity index is 0.00000225. The van der Waals surface area contributed by atoms with E-state index in [-0.39, 0.29) is 24.2 Å². The molecule has 1 amide bonds. The van der Waals surface area contributed by atoms with E-state index in [0.717, 1.165) is 12.1 Å². The second kappa shape index (κ2) is 7.19. The fraction of sp³-hybridized carbons (Fsp3) is 0.455. The molecule has 0 saturated carbocycles. The smallest absolute Gasteiger partial charge is 0.241 e. The van der Waals surface area contributed by atoms with Crippen molar-refractivity contribution in [3.63, 3.8) is 0 Å². The third-order valence-electron chi connectivity index (χ3n) is 2.51. The number of aromatic nitrogens is 1. The first-order chi connectivity index (χ1) is 7.15. The monoisotopic (exact) mass is 243 g/mol. The summed E-state index contributed by atoms with van der Waals surface area (Å²) in [5, 5.41) is 2.75. The molecule has 0 fully saturated rings. The quantitative estimate of drug-likeness (QED) is 0.848. The van der Waals surface area contributed by atoms with Crippen LogP contribution in [0.4, 0.5) is 5.69 Å². The highest BCUT2D eigenvalue weighted by molar-refractivity contribution is 5.94. The maximum absolute atomic E-state index is 11.7. The lowest BCUT2D eigenvalue weighted by molar-refractivity contribution is -0.118. The van der Waals surface area contributed by atoms with Crippen molar-refractivity contribution in [2.75, 3.05) is 5.32 Å². The summed E-state index contributed by atoms with van der Waals surface area (Å²) < 4.78 is 0. The molecule has 4 nitrogen and oxygen atoms in total. The number of hydrogen-bond acceptors (Lipinski definition) is 3. The summed E-state index contributed by atoms with van der Waals surface area (Å²) in [6.07, 6.45) is 4.15. The van der Waals surface area contributed by atoms with Crippen LogP contribution in [0, 0.1) is 5.92 Å². The number of carbonyl (C=O) groups excluding carboxylic acids is 1. The predicted molar refractivity (Wildman–Crippen MR) is 67.5 cm³/mol. The fourth-order valence-electron chi connectivity index (χ4n) is 1.17. The third-order valence-corrected chi connectivity index (χ3v) is 2.51. The first-order valence-electron chi connectivity index (χ1n) is 5.11. The minimum Gasteiger partial charge on any atom is -0.325 e. The molecule has 0 aromatic carbocycles. The molecule has 1 heterocycles. The van der Waals surface area contributed by atoms with Crippen LogP contribution in [0.25, 0.3) is 0 Å². The van der Waals surface area contributed by atoms with Gasteiger partial charge in [0.05, 0.1) is 6.04 Å². The lowest BCUT2D eigenvalue weighted by Gasteiger charge is -2.17. The average molecular weight is 244 g/mol. The van der Waals surface area contributed by atoms with Crippen molar-refractivity contribution in [1.29, 1.82) is 0 Å². The second-order valence-corrected chi connectivity index (χ2v) is 3.64. The number of pyridine rings is 1. The zero-order chi connectivity index (χ0) is 11.3. The van der Waals surface area contributed by atoms with Gasteiger partial charge in [-0.1, -0.05) is 20.3 Å². The molecule has 0 aliphatic rings. The van der Waals surface area contributed by atoms with E-state index >= 15 is 0 Å². The number of nitrogens with two attached hydrogens (primary N) is 1. The molecule has 0 aliphatic heterocycles. The largest absolute Gasteiger partial charge is 0.325 e. The van der Waals surface area contributed by atoms with Gasteiger partial charge in [0, 0.05) is 18.1 Å². The van der Waals surface area contributed by atoms with Crippen molar-refractivity contribution in [3.8, 4) is 0 Å². The summed E-state index contributed by atoms with van der Waals surface area (Å²) in [6.45, 7) is 3.99. The van der Waals surface area contributed by atoms with Gasteiger partial charge in [-0.25, -0.2) is 0 Å². The van der Waals surface area contributed by atoms with E-state index in [0.29, 0.717) is 0 Å². The Hall–Kier alpha value is -1.13. The summed E-state index contributed by atoms with van der Waals surface area (Å²) in [5.41, 5.74) is 6.52. The summed E-state index contributed by atoms with van der Waals surface area (Å²) in [5.74, 6) is 0.0439. The Kier molecular flexibility index (Phi) is 6.69. The normalized spacial score (nSPS) is 13.4. The van der Waals surface area contributed by atoms with Crippen LogP contribution in [0.15, 0.2) is 24.5 Å². The van der Waals surface area contributed by atoms with Gasteiger partial charge in [0.2, 0.25) is 5.91 Å². The van der Waals surface area contributed by atoms with Crippen LogP contribution in [0.2, 0.25) is 0 Å². The van der Waals surface area contributed by atoms with Crippen molar-refractivity contribution in [2.24, 2.45) is 11.7 Å². The Morgan fingerprint density at radius 3 is 2.56 bits per heavy atom. The first kappa shape index (κ1) is 14.9. The molecule has 2 unspecified atom stereocenters. The highest BCUT2D eigenvalue weighted by Crippen LogP contribution is 2.09. The predicted octanol–water partition coefficient (Wildman–Crippen LogP) is 1.82. The molecule has 0 saturated heterocycles. The SMILES string of the molecule is CCC(C)C(N)C(=O)Nc1ccncc1.Cl. The van der Waals surface area contributed by atoms with Crippen molar-refractivity contribution >= 4 is 24.0 Å². The van der Waals surface area contributed by atoms with Crippen LogP contribution >= 0.6 is 12.4 Å². The lowest BCUT2D eigenvalue weighted by Crippen LogP contribution is -2.40. The van der Waals surface area contributed by atoms with E-state index in [1.807, 2.05) is 13.8 Å². The van der Waals surface area contributed by atoms with Crippen LogP contribution in [-0.2, 0) is 4.79 Å². The molecule has 0 bridgehead atoms. The number of nitrogens with zero attached hydrogens (tertiary/aromatic N) is 1. The number of rotatable bonds is 4. The first-order valence-corrected chi connectivity index (χ1v) is 5.11. The number of amides is 1. The number of hydrogen-bond donors (Lipinski definition) is 2. The Bertz CT molecular complexity index is 318. The van der Waals surface area contributed by atoms with Crippen molar-refractivity contribution in [3.05, 3.63) is 24.5 Å². The summed E-state index contributed by atoms with van der Waals surface area (Å²) in [4.78, 5) is 15.5. The molecule has 1 rings (SSSR count). The number of carbonyl (C=O) groups is 1. The molecular formula is C11H18ClN3O. The molecule has 90 valence electrons.